The fraction of sp³-hybridized carbons (Fsp3) is 0.316. The molecule has 0 spiro atoms. The van der Waals surface area contributed by atoms with Crippen molar-refractivity contribution in [1.29, 1.82) is 0 Å². The lowest BCUT2D eigenvalue weighted by Crippen LogP contribution is -2.33. The minimum absolute atomic E-state index is 0.0488. The summed E-state index contributed by atoms with van der Waals surface area (Å²) in [7, 11) is -3.80. The molecule has 0 unspecified atom stereocenters. The van der Waals surface area contributed by atoms with Crippen molar-refractivity contribution in [2.24, 2.45) is 11.1 Å². The number of benzene rings is 2. The van der Waals surface area contributed by atoms with Crippen molar-refractivity contribution in [1.82, 2.24) is 0 Å². The Hall–Kier alpha value is -1.54. The summed E-state index contributed by atoms with van der Waals surface area (Å²) in [4.78, 5) is 0.167. The Morgan fingerprint density at radius 3 is 2.52 bits per heavy atom. The number of sulfone groups is 1. The number of halogens is 2. The molecule has 0 amide bonds. The second-order valence-corrected chi connectivity index (χ2v) is 9.44. The Labute approximate surface area is 168 Å². The molecule has 0 aliphatic heterocycles. The predicted octanol–water partition coefficient (Wildman–Crippen LogP) is 3.73. The molecular weight excluding hydrogens is 409 g/mol. The van der Waals surface area contributed by atoms with Crippen molar-refractivity contribution >= 4 is 38.6 Å². The van der Waals surface area contributed by atoms with Crippen LogP contribution in [0.25, 0.3) is 0 Å². The van der Waals surface area contributed by atoms with Crippen molar-refractivity contribution < 1.29 is 17.5 Å². The van der Waals surface area contributed by atoms with Gasteiger partial charge in [-0.05, 0) is 48.9 Å². The molecule has 144 valence electrons. The third kappa shape index (κ3) is 3.49. The second-order valence-electron chi connectivity index (χ2n) is 6.49. The SMILES string of the molecule is CCOC[C@]1(C(N)=S)[C@H](c2cccc(F)c2)[C@H]1S(=O)(=O)c1ccc(Cl)cc1. The first-order chi connectivity index (χ1) is 12.7. The fourth-order valence-electron chi connectivity index (χ4n) is 3.61. The molecule has 0 radical (unpaired) electrons. The Morgan fingerprint density at radius 1 is 1.30 bits per heavy atom. The molecule has 0 bridgehead atoms. The summed E-state index contributed by atoms with van der Waals surface area (Å²) in [6.07, 6.45) is 0. The van der Waals surface area contributed by atoms with Crippen LogP contribution in [0, 0.1) is 11.2 Å². The largest absolute Gasteiger partial charge is 0.393 e. The first kappa shape index (κ1) is 20.2. The third-order valence-electron chi connectivity index (χ3n) is 4.94. The quantitative estimate of drug-likeness (QED) is 0.682. The molecule has 0 heterocycles. The summed E-state index contributed by atoms with van der Waals surface area (Å²) in [6, 6.07) is 11.8. The maximum Gasteiger partial charge on any atom is 0.182 e. The summed E-state index contributed by atoms with van der Waals surface area (Å²) < 4.78 is 46.0. The van der Waals surface area contributed by atoms with Crippen molar-refractivity contribution in [2.75, 3.05) is 13.2 Å². The molecule has 1 saturated carbocycles. The number of thiocarbonyl (C=S) groups is 1. The predicted molar refractivity (Wildman–Crippen MR) is 107 cm³/mol. The molecule has 0 aromatic heterocycles. The molecule has 1 fully saturated rings. The summed E-state index contributed by atoms with van der Waals surface area (Å²) >= 11 is 11.1. The zero-order valence-corrected chi connectivity index (χ0v) is 17.0. The zero-order valence-electron chi connectivity index (χ0n) is 14.6. The maximum atomic E-state index is 13.8. The normalized spacial score (nSPS) is 24.6. The van der Waals surface area contributed by atoms with Crippen LogP contribution in [-0.4, -0.2) is 31.9 Å². The van der Waals surface area contributed by atoms with Crippen molar-refractivity contribution in [3.05, 3.63) is 64.9 Å². The van der Waals surface area contributed by atoms with Gasteiger partial charge in [-0.3, -0.25) is 0 Å². The van der Waals surface area contributed by atoms with Gasteiger partial charge in [0.25, 0.3) is 0 Å². The highest BCUT2D eigenvalue weighted by atomic mass is 35.5. The van der Waals surface area contributed by atoms with Crippen molar-refractivity contribution in [3.8, 4) is 0 Å². The number of hydrogen-bond donors (Lipinski definition) is 1. The average Bonchev–Trinajstić information content (AvgIpc) is 3.32. The number of ether oxygens (including phenoxy) is 1. The highest BCUT2D eigenvalue weighted by Crippen LogP contribution is 2.64. The monoisotopic (exact) mass is 427 g/mol. The smallest absolute Gasteiger partial charge is 0.182 e. The Balaban J connectivity index is 2.12. The standard InChI is InChI=1S/C19H19ClFNO3S2/c1-2-25-11-19(18(22)26)16(12-4-3-5-14(21)10-12)17(19)27(23,24)15-8-6-13(20)7-9-15/h3-10,16-17H,2,11H2,1H3,(H2,22,26)/t16-,17-,19+/m1/s1. The summed E-state index contributed by atoms with van der Waals surface area (Å²) in [5, 5.41) is -0.502. The second kappa shape index (κ2) is 7.47. The van der Waals surface area contributed by atoms with E-state index in [2.05, 4.69) is 0 Å². The molecule has 0 saturated heterocycles. The minimum atomic E-state index is -3.80. The molecule has 1 aliphatic carbocycles. The van der Waals surface area contributed by atoms with Crippen LogP contribution in [0.1, 0.15) is 18.4 Å². The number of nitrogens with two attached hydrogens (primary N) is 1. The van der Waals surface area contributed by atoms with Crippen molar-refractivity contribution in [3.63, 3.8) is 0 Å². The third-order valence-corrected chi connectivity index (χ3v) is 7.87. The van der Waals surface area contributed by atoms with Gasteiger partial charge in [0.1, 0.15) is 5.82 Å². The Morgan fingerprint density at radius 2 is 1.96 bits per heavy atom. The minimum Gasteiger partial charge on any atom is -0.393 e. The van der Waals surface area contributed by atoms with Gasteiger partial charge in [-0.2, -0.15) is 0 Å². The molecule has 2 N–H and O–H groups in total. The topological polar surface area (TPSA) is 69.4 Å². The van der Waals surface area contributed by atoms with E-state index in [1.54, 1.807) is 19.1 Å². The number of hydrogen-bond acceptors (Lipinski definition) is 4. The molecule has 2 aromatic carbocycles. The van der Waals surface area contributed by atoms with E-state index >= 15 is 0 Å². The molecule has 3 rings (SSSR count). The van der Waals surface area contributed by atoms with Crippen LogP contribution in [0.5, 0.6) is 0 Å². The van der Waals surface area contributed by atoms with E-state index in [-0.39, 0.29) is 16.5 Å². The maximum absolute atomic E-state index is 13.8. The van der Waals surface area contributed by atoms with Gasteiger partial charge in [0, 0.05) is 17.5 Å². The fourth-order valence-corrected chi connectivity index (χ4v) is 6.51. The lowest BCUT2D eigenvalue weighted by atomic mass is 10.00. The van der Waals surface area contributed by atoms with E-state index in [9.17, 15) is 12.8 Å². The summed E-state index contributed by atoms with van der Waals surface area (Å²) in [5.41, 5.74) is 5.45. The molecule has 1 aliphatic rings. The van der Waals surface area contributed by atoms with E-state index in [0.717, 1.165) is 0 Å². The summed E-state index contributed by atoms with van der Waals surface area (Å²) in [6.45, 7) is 2.24. The van der Waals surface area contributed by atoms with Gasteiger partial charge in [-0.1, -0.05) is 36.0 Å². The van der Waals surface area contributed by atoms with Gasteiger partial charge in [0.05, 0.1) is 27.2 Å². The highest BCUT2D eigenvalue weighted by Gasteiger charge is 2.73. The van der Waals surface area contributed by atoms with Gasteiger partial charge in [-0.15, -0.1) is 0 Å². The molecule has 3 atom stereocenters. The molecular formula is C19H19ClFNO3S2. The van der Waals surface area contributed by atoms with Gasteiger partial charge < -0.3 is 10.5 Å². The van der Waals surface area contributed by atoms with Crippen molar-refractivity contribution in [2.45, 2.75) is 23.0 Å². The van der Waals surface area contributed by atoms with Gasteiger partial charge in [0.15, 0.2) is 9.84 Å². The van der Waals surface area contributed by atoms with Gasteiger partial charge in [-0.25, -0.2) is 12.8 Å². The number of rotatable bonds is 7. The van der Waals surface area contributed by atoms with Crippen LogP contribution in [0.4, 0.5) is 4.39 Å². The lowest BCUT2D eigenvalue weighted by Gasteiger charge is -2.17. The average molecular weight is 428 g/mol. The summed E-state index contributed by atoms with van der Waals surface area (Å²) in [5.74, 6) is -1.03. The van der Waals surface area contributed by atoms with E-state index in [0.29, 0.717) is 17.2 Å². The van der Waals surface area contributed by atoms with E-state index < -0.39 is 32.2 Å². The van der Waals surface area contributed by atoms with Crippen LogP contribution in [0.2, 0.25) is 5.02 Å². The highest BCUT2D eigenvalue weighted by molar-refractivity contribution is 7.92. The van der Waals surface area contributed by atoms with Crippen LogP contribution in [0.15, 0.2) is 53.4 Å². The van der Waals surface area contributed by atoms with Crippen LogP contribution in [-0.2, 0) is 14.6 Å². The Bertz CT molecular complexity index is 965. The Kier molecular flexibility index (Phi) is 5.59. The molecule has 27 heavy (non-hydrogen) atoms. The lowest BCUT2D eigenvalue weighted by molar-refractivity contribution is 0.121. The van der Waals surface area contributed by atoms with E-state index in [4.69, 9.17) is 34.3 Å². The van der Waals surface area contributed by atoms with E-state index in [1.807, 2.05) is 0 Å². The van der Waals surface area contributed by atoms with Crippen LogP contribution >= 0.6 is 23.8 Å². The van der Waals surface area contributed by atoms with Crippen LogP contribution in [0.3, 0.4) is 0 Å². The molecule has 4 nitrogen and oxygen atoms in total. The first-order valence-corrected chi connectivity index (χ1v) is 10.7. The molecule has 8 heteroatoms. The first-order valence-electron chi connectivity index (χ1n) is 8.37. The molecule has 2 aromatic rings. The van der Waals surface area contributed by atoms with E-state index in [1.165, 1.54) is 36.4 Å². The zero-order chi connectivity index (χ0) is 19.8. The van der Waals surface area contributed by atoms with Gasteiger partial charge >= 0.3 is 0 Å². The van der Waals surface area contributed by atoms with Gasteiger partial charge in [0.2, 0.25) is 0 Å². The van der Waals surface area contributed by atoms with Crippen LogP contribution < -0.4 is 5.73 Å².